The molecule has 0 aromatic heterocycles. The average Bonchev–Trinajstić information content (AvgIpc) is 2.80. The summed E-state index contributed by atoms with van der Waals surface area (Å²) >= 11 is 0. The average molecular weight is 286 g/mol. The maximum Gasteiger partial charge on any atom is 0.253 e. The highest BCUT2D eigenvalue weighted by atomic mass is 16.2. The van der Waals surface area contributed by atoms with Crippen LogP contribution in [-0.2, 0) is 6.42 Å². The lowest BCUT2D eigenvalue weighted by atomic mass is 9.89. The van der Waals surface area contributed by atoms with Crippen LogP contribution in [0.4, 0.5) is 5.69 Å². The Balaban J connectivity index is 1.70. The van der Waals surface area contributed by atoms with Crippen LogP contribution in [0.25, 0.3) is 0 Å². The Hall–Kier alpha value is -1.51. The van der Waals surface area contributed by atoms with Crippen LogP contribution in [0, 0.1) is 11.8 Å². The highest BCUT2D eigenvalue weighted by Crippen LogP contribution is 2.27. The van der Waals surface area contributed by atoms with Crippen LogP contribution in [0.5, 0.6) is 0 Å². The summed E-state index contributed by atoms with van der Waals surface area (Å²) in [5.74, 6) is 1.72. The van der Waals surface area contributed by atoms with E-state index in [-0.39, 0.29) is 5.91 Å². The molecule has 0 saturated carbocycles. The summed E-state index contributed by atoms with van der Waals surface area (Å²) in [7, 11) is 0. The van der Waals surface area contributed by atoms with E-state index in [2.05, 4.69) is 36.2 Å². The van der Waals surface area contributed by atoms with Crippen LogP contribution in [0.1, 0.15) is 49.0 Å². The quantitative estimate of drug-likeness (QED) is 0.901. The number of carbonyl (C=O) groups is 1. The van der Waals surface area contributed by atoms with Crippen LogP contribution in [0.3, 0.4) is 0 Å². The molecule has 1 amide bonds. The van der Waals surface area contributed by atoms with Crippen LogP contribution < -0.4 is 5.32 Å². The molecule has 1 N–H and O–H groups in total. The molecule has 1 saturated heterocycles. The topological polar surface area (TPSA) is 32.3 Å². The second-order valence-electron chi connectivity index (χ2n) is 6.78. The van der Waals surface area contributed by atoms with Crippen molar-refractivity contribution in [3.8, 4) is 0 Å². The minimum Gasteiger partial charge on any atom is -0.384 e. The SMILES string of the molecule is CC(C)C1CCCN(C(=O)c2ccc3c(c2)CCN3)CC1. The number of fused-ring (bicyclic) bond motifs is 1. The molecular formula is C18H26N2O. The van der Waals surface area contributed by atoms with E-state index in [1.807, 2.05) is 6.07 Å². The fourth-order valence-corrected chi connectivity index (χ4v) is 3.61. The third-order valence-corrected chi connectivity index (χ3v) is 5.06. The molecule has 0 spiro atoms. The van der Waals surface area contributed by atoms with Crippen LogP contribution in [-0.4, -0.2) is 30.4 Å². The Bertz CT molecular complexity index is 524. The summed E-state index contributed by atoms with van der Waals surface area (Å²) in [5, 5.41) is 3.35. The highest BCUT2D eigenvalue weighted by Gasteiger charge is 2.23. The van der Waals surface area contributed by atoms with Gasteiger partial charge in [0.1, 0.15) is 0 Å². The largest absolute Gasteiger partial charge is 0.384 e. The molecule has 0 bridgehead atoms. The van der Waals surface area contributed by atoms with Gasteiger partial charge in [0.05, 0.1) is 0 Å². The van der Waals surface area contributed by atoms with Gasteiger partial charge in [-0.25, -0.2) is 0 Å². The molecule has 3 rings (SSSR count). The van der Waals surface area contributed by atoms with Crippen molar-refractivity contribution in [2.75, 3.05) is 25.0 Å². The molecule has 3 heteroatoms. The molecule has 1 aromatic rings. The van der Waals surface area contributed by atoms with Gasteiger partial charge in [-0.2, -0.15) is 0 Å². The molecule has 1 atom stereocenters. The molecule has 3 nitrogen and oxygen atoms in total. The number of amides is 1. The van der Waals surface area contributed by atoms with Gasteiger partial charge < -0.3 is 10.2 Å². The first-order valence-electron chi connectivity index (χ1n) is 8.31. The Labute approximate surface area is 127 Å². The van der Waals surface area contributed by atoms with Crippen molar-refractivity contribution < 1.29 is 4.79 Å². The van der Waals surface area contributed by atoms with Gasteiger partial charge in [0.25, 0.3) is 5.91 Å². The van der Waals surface area contributed by atoms with E-state index in [1.54, 1.807) is 0 Å². The van der Waals surface area contributed by atoms with Crippen molar-refractivity contribution in [3.63, 3.8) is 0 Å². The highest BCUT2D eigenvalue weighted by molar-refractivity contribution is 5.95. The maximum atomic E-state index is 12.7. The molecular weight excluding hydrogens is 260 g/mol. The number of likely N-dealkylation sites (tertiary alicyclic amines) is 1. The monoisotopic (exact) mass is 286 g/mol. The molecule has 1 fully saturated rings. The normalized spacial score (nSPS) is 21.9. The van der Waals surface area contributed by atoms with Gasteiger partial charge in [0.2, 0.25) is 0 Å². The lowest BCUT2D eigenvalue weighted by molar-refractivity contribution is 0.0758. The van der Waals surface area contributed by atoms with Crippen molar-refractivity contribution in [2.45, 2.75) is 39.5 Å². The molecule has 1 unspecified atom stereocenters. The Morgan fingerprint density at radius 3 is 2.95 bits per heavy atom. The number of carbonyl (C=O) groups excluding carboxylic acids is 1. The smallest absolute Gasteiger partial charge is 0.253 e. The van der Waals surface area contributed by atoms with Gasteiger partial charge in [-0.15, -0.1) is 0 Å². The van der Waals surface area contributed by atoms with Crippen LogP contribution in [0.15, 0.2) is 18.2 Å². The summed E-state index contributed by atoms with van der Waals surface area (Å²) in [6, 6.07) is 6.12. The lowest BCUT2D eigenvalue weighted by Crippen LogP contribution is -2.32. The van der Waals surface area contributed by atoms with E-state index in [1.165, 1.54) is 17.7 Å². The molecule has 114 valence electrons. The van der Waals surface area contributed by atoms with E-state index in [0.29, 0.717) is 0 Å². The van der Waals surface area contributed by atoms with Gasteiger partial charge in [-0.1, -0.05) is 13.8 Å². The molecule has 21 heavy (non-hydrogen) atoms. The minimum absolute atomic E-state index is 0.217. The molecule has 0 aliphatic carbocycles. The predicted octanol–water partition coefficient (Wildman–Crippen LogP) is 3.55. The number of benzene rings is 1. The van der Waals surface area contributed by atoms with Gasteiger partial charge in [-0.05, 0) is 61.3 Å². The van der Waals surface area contributed by atoms with Gasteiger partial charge in [0.15, 0.2) is 0 Å². The van der Waals surface area contributed by atoms with Gasteiger partial charge in [0, 0.05) is 30.9 Å². The second-order valence-corrected chi connectivity index (χ2v) is 6.78. The zero-order chi connectivity index (χ0) is 14.8. The number of nitrogens with one attached hydrogen (secondary N) is 1. The number of anilines is 1. The molecule has 1 aromatic carbocycles. The summed E-state index contributed by atoms with van der Waals surface area (Å²) < 4.78 is 0. The van der Waals surface area contributed by atoms with E-state index in [9.17, 15) is 4.79 Å². The summed E-state index contributed by atoms with van der Waals surface area (Å²) in [6.45, 7) is 7.42. The third kappa shape index (κ3) is 3.07. The van der Waals surface area contributed by atoms with Crippen LogP contribution >= 0.6 is 0 Å². The first-order chi connectivity index (χ1) is 10.1. The van der Waals surface area contributed by atoms with E-state index in [0.717, 1.165) is 56.3 Å². The first-order valence-corrected chi connectivity index (χ1v) is 8.31. The van der Waals surface area contributed by atoms with Crippen molar-refractivity contribution in [1.29, 1.82) is 0 Å². The Morgan fingerprint density at radius 2 is 2.14 bits per heavy atom. The van der Waals surface area contributed by atoms with E-state index < -0.39 is 0 Å². The van der Waals surface area contributed by atoms with Crippen molar-refractivity contribution >= 4 is 11.6 Å². The van der Waals surface area contributed by atoms with Crippen molar-refractivity contribution in [3.05, 3.63) is 29.3 Å². The fourth-order valence-electron chi connectivity index (χ4n) is 3.61. The Morgan fingerprint density at radius 1 is 1.29 bits per heavy atom. The fraction of sp³-hybridized carbons (Fsp3) is 0.611. The number of hydrogen-bond acceptors (Lipinski definition) is 2. The minimum atomic E-state index is 0.217. The summed E-state index contributed by atoms with van der Waals surface area (Å²) in [5.41, 5.74) is 3.35. The molecule has 0 radical (unpaired) electrons. The Kier molecular flexibility index (Phi) is 4.18. The molecule has 2 aliphatic rings. The zero-order valence-corrected chi connectivity index (χ0v) is 13.2. The summed E-state index contributed by atoms with van der Waals surface area (Å²) in [6.07, 6.45) is 4.58. The standard InChI is InChI=1S/C18H26N2O/c1-13(2)14-4-3-10-20(11-8-14)18(21)16-5-6-17-15(12-16)7-9-19-17/h5-6,12-14,19H,3-4,7-11H2,1-2H3. The van der Waals surface area contributed by atoms with Gasteiger partial charge in [-0.3, -0.25) is 4.79 Å². The predicted molar refractivity (Wildman–Crippen MR) is 86.7 cm³/mol. The molecule has 2 aliphatic heterocycles. The number of hydrogen-bond donors (Lipinski definition) is 1. The first kappa shape index (κ1) is 14.4. The third-order valence-electron chi connectivity index (χ3n) is 5.06. The molecule has 2 heterocycles. The number of rotatable bonds is 2. The maximum absolute atomic E-state index is 12.7. The van der Waals surface area contributed by atoms with Crippen molar-refractivity contribution in [2.24, 2.45) is 11.8 Å². The number of nitrogens with zero attached hydrogens (tertiary/aromatic N) is 1. The zero-order valence-electron chi connectivity index (χ0n) is 13.2. The van der Waals surface area contributed by atoms with E-state index in [4.69, 9.17) is 0 Å². The lowest BCUT2D eigenvalue weighted by Gasteiger charge is -2.22. The van der Waals surface area contributed by atoms with Gasteiger partial charge >= 0.3 is 0 Å². The van der Waals surface area contributed by atoms with E-state index >= 15 is 0 Å². The van der Waals surface area contributed by atoms with Crippen molar-refractivity contribution in [1.82, 2.24) is 4.90 Å². The van der Waals surface area contributed by atoms with Crippen LogP contribution in [0.2, 0.25) is 0 Å². The summed E-state index contributed by atoms with van der Waals surface area (Å²) in [4.78, 5) is 14.8. The second kappa shape index (κ2) is 6.08.